The molecule has 0 aliphatic rings. The molecule has 0 spiro atoms. The molecule has 2 aromatic rings. The normalized spacial score (nSPS) is 10.5. The lowest BCUT2D eigenvalue weighted by Gasteiger charge is -2.09. The molecule has 2 rings (SSSR count). The molecule has 0 bridgehead atoms. The molecule has 0 saturated carbocycles. The molecule has 1 aromatic heterocycles. The number of nitrogens with zero attached hydrogens (tertiary/aromatic N) is 2. The minimum atomic E-state index is 0.909. The van der Waals surface area contributed by atoms with Gasteiger partial charge >= 0.3 is 0 Å². The zero-order valence-corrected chi connectivity index (χ0v) is 13.2. The Kier molecular flexibility index (Phi) is 4.44. The van der Waals surface area contributed by atoms with Crippen LogP contribution in [0.5, 0.6) is 0 Å². The van der Waals surface area contributed by atoms with Gasteiger partial charge in [-0.2, -0.15) is 5.10 Å². The van der Waals surface area contributed by atoms with E-state index in [1.807, 2.05) is 30.1 Å². The van der Waals surface area contributed by atoms with E-state index in [-0.39, 0.29) is 0 Å². The lowest BCUT2D eigenvalue weighted by molar-refractivity contribution is 0.711. The number of benzene rings is 1. The second-order valence-corrected chi connectivity index (χ2v) is 5.82. The van der Waals surface area contributed by atoms with Crippen LogP contribution < -0.4 is 5.32 Å². The third-order valence-corrected chi connectivity index (χ3v) is 3.98. The van der Waals surface area contributed by atoms with Gasteiger partial charge in [-0.15, -0.1) is 0 Å². The fourth-order valence-electron chi connectivity index (χ4n) is 1.60. The first kappa shape index (κ1) is 12.9. The summed E-state index contributed by atoms with van der Waals surface area (Å²) in [6.45, 7) is 0.909. The van der Waals surface area contributed by atoms with Gasteiger partial charge in [-0.25, -0.2) is 0 Å². The molecular formula is C12H13BrIN3. The van der Waals surface area contributed by atoms with Gasteiger partial charge in [0.05, 0.1) is 0 Å². The van der Waals surface area contributed by atoms with E-state index < -0.39 is 0 Å². The van der Waals surface area contributed by atoms with Crippen molar-refractivity contribution in [1.29, 1.82) is 0 Å². The van der Waals surface area contributed by atoms with Crippen LogP contribution in [0.1, 0.15) is 5.69 Å². The number of hydrogen-bond donors (Lipinski definition) is 1. The van der Waals surface area contributed by atoms with Crippen molar-refractivity contribution < 1.29 is 0 Å². The summed E-state index contributed by atoms with van der Waals surface area (Å²) in [7, 11) is 1.97. The summed E-state index contributed by atoms with van der Waals surface area (Å²) < 4.78 is 4.24. The summed E-state index contributed by atoms with van der Waals surface area (Å²) in [4.78, 5) is 0. The quantitative estimate of drug-likeness (QED) is 0.789. The minimum Gasteiger partial charge on any atom is -0.384 e. The molecule has 0 unspecified atom stereocenters. The lowest BCUT2D eigenvalue weighted by Crippen LogP contribution is -2.09. The Balaban J connectivity index is 1.94. The third kappa shape index (κ3) is 3.45. The van der Waals surface area contributed by atoms with Crippen LogP contribution in [0.15, 0.2) is 34.9 Å². The second-order valence-electron chi connectivity index (χ2n) is 3.75. The number of halogens is 2. The molecule has 1 N–H and O–H groups in total. The van der Waals surface area contributed by atoms with Crippen LogP contribution in [0.3, 0.4) is 0 Å². The first-order valence-electron chi connectivity index (χ1n) is 5.32. The zero-order valence-electron chi connectivity index (χ0n) is 9.45. The van der Waals surface area contributed by atoms with E-state index in [0.717, 1.165) is 17.4 Å². The summed E-state index contributed by atoms with van der Waals surface area (Å²) in [5.74, 6) is 0. The van der Waals surface area contributed by atoms with E-state index in [0.29, 0.717) is 0 Å². The summed E-state index contributed by atoms with van der Waals surface area (Å²) in [6.07, 6.45) is 2.80. The zero-order chi connectivity index (χ0) is 12.3. The molecule has 1 aromatic carbocycles. The van der Waals surface area contributed by atoms with Gasteiger partial charge in [-0.1, -0.05) is 15.9 Å². The van der Waals surface area contributed by atoms with E-state index in [1.54, 1.807) is 0 Å². The van der Waals surface area contributed by atoms with Crippen LogP contribution in [0.25, 0.3) is 0 Å². The number of aryl methyl sites for hydroxylation is 1. The molecule has 5 heteroatoms. The number of nitrogens with one attached hydrogen (secondary N) is 1. The monoisotopic (exact) mass is 405 g/mol. The Morgan fingerprint density at radius 2 is 2.24 bits per heavy atom. The maximum Gasteiger partial charge on any atom is 0.0492 e. The van der Waals surface area contributed by atoms with Gasteiger partial charge in [0.15, 0.2) is 0 Å². The molecule has 0 saturated heterocycles. The summed E-state index contributed by atoms with van der Waals surface area (Å²) in [5, 5.41) is 7.59. The average Bonchev–Trinajstić information content (AvgIpc) is 2.70. The standard InChI is InChI=1S/C12H13BrIN3/c1-17-10(5-7-16-17)4-6-15-12-8-9(13)2-3-11(12)14/h2-3,5,7-8,15H,4,6H2,1H3. The summed E-state index contributed by atoms with van der Waals surface area (Å²) in [5.41, 5.74) is 2.41. The van der Waals surface area contributed by atoms with E-state index in [2.05, 4.69) is 61.1 Å². The fourth-order valence-corrected chi connectivity index (χ4v) is 2.49. The third-order valence-electron chi connectivity index (χ3n) is 2.55. The van der Waals surface area contributed by atoms with Crippen LogP contribution in [-0.4, -0.2) is 16.3 Å². The highest BCUT2D eigenvalue weighted by molar-refractivity contribution is 14.1. The summed E-state index contributed by atoms with van der Waals surface area (Å²) >= 11 is 5.82. The summed E-state index contributed by atoms with van der Waals surface area (Å²) in [6, 6.07) is 8.30. The highest BCUT2D eigenvalue weighted by Crippen LogP contribution is 2.22. The molecule has 0 radical (unpaired) electrons. The Hall–Kier alpha value is -0.560. The van der Waals surface area contributed by atoms with Crippen LogP contribution in [0.2, 0.25) is 0 Å². The van der Waals surface area contributed by atoms with Gasteiger partial charge in [0, 0.05) is 45.6 Å². The van der Waals surface area contributed by atoms with Crippen molar-refractivity contribution in [3.8, 4) is 0 Å². The van der Waals surface area contributed by atoms with Crippen LogP contribution in [0.4, 0.5) is 5.69 Å². The Morgan fingerprint density at radius 1 is 1.41 bits per heavy atom. The number of hydrogen-bond acceptors (Lipinski definition) is 2. The van der Waals surface area contributed by atoms with Crippen LogP contribution in [0, 0.1) is 3.57 Å². The molecule has 3 nitrogen and oxygen atoms in total. The largest absolute Gasteiger partial charge is 0.384 e. The van der Waals surface area contributed by atoms with Crippen LogP contribution >= 0.6 is 38.5 Å². The molecule has 0 fully saturated rings. The number of aromatic nitrogens is 2. The Bertz CT molecular complexity index is 510. The molecule has 90 valence electrons. The topological polar surface area (TPSA) is 29.9 Å². The molecule has 1 heterocycles. The molecule has 0 atom stereocenters. The van der Waals surface area contributed by atoms with E-state index >= 15 is 0 Å². The van der Waals surface area contributed by atoms with Gasteiger partial charge in [-0.3, -0.25) is 4.68 Å². The average molecular weight is 406 g/mol. The predicted molar refractivity (Wildman–Crippen MR) is 82.3 cm³/mol. The van der Waals surface area contributed by atoms with Gasteiger partial charge in [-0.05, 0) is 46.9 Å². The number of rotatable bonds is 4. The van der Waals surface area contributed by atoms with Gasteiger partial charge in [0.1, 0.15) is 0 Å². The SMILES string of the molecule is Cn1nccc1CCNc1cc(Br)ccc1I. The van der Waals surface area contributed by atoms with Crippen molar-refractivity contribution in [2.24, 2.45) is 7.05 Å². The fraction of sp³-hybridized carbons (Fsp3) is 0.250. The molecular weight excluding hydrogens is 393 g/mol. The molecule has 0 aliphatic heterocycles. The molecule has 0 aliphatic carbocycles. The molecule has 17 heavy (non-hydrogen) atoms. The van der Waals surface area contributed by atoms with Gasteiger partial charge < -0.3 is 5.32 Å². The maximum atomic E-state index is 4.15. The Morgan fingerprint density at radius 3 is 2.94 bits per heavy atom. The highest BCUT2D eigenvalue weighted by atomic mass is 127. The molecule has 0 amide bonds. The van der Waals surface area contributed by atoms with Crippen molar-refractivity contribution in [3.63, 3.8) is 0 Å². The lowest BCUT2D eigenvalue weighted by atomic mass is 10.3. The van der Waals surface area contributed by atoms with Gasteiger partial charge in [0.2, 0.25) is 0 Å². The van der Waals surface area contributed by atoms with Crippen molar-refractivity contribution in [1.82, 2.24) is 9.78 Å². The van der Waals surface area contributed by atoms with E-state index in [1.165, 1.54) is 15.0 Å². The van der Waals surface area contributed by atoms with Crippen molar-refractivity contribution in [2.75, 3.05) is 11.9 Å². The maximum absolute atomic E-state index is 4.15. The first-order chi connectivity index (χ1) is 8.16. The van der Waals surface area contributed by atoms with Crippen LogP contribution in [-0.2, 0) is 13.5 Å². The van der Waals surface area contributed by atoms with Crippen molar-refractivity contribution >= 4 is 44.2 Å². The first-order valence-corrected chi connectivity index (χ1v) is 7.20. The highest BCUT2D eigenvalue weighted by Gasteiger charge is 2.01. The number of anilines is 1. The van der Waals surface area contributed by atoms with Crippen molar-refractivity contribution in [2.45, 2.75) is 6.42 Å². The van der Waals surface area contributed by atoms with Crippen molar-refractivity contribution in [3.05, 3.63) is 44.2 Å². The smallest absolute Gasteiger partial charge is 0.0492 e. The second kappa shape index (κ2) is 5.86. The Labute approximate surface area is 123 Å². The van der Waals surface area contributed by atoms with E-state index in [4.69, 9.17) is 0 Å². The van der Waals surface area contributed by atoms with Gasteiger partial charge in [0.25, 0.3) is 0 Å². The predicted octanol–water partition coefficient (Wildman–Crippen LogP) is 3.44. The minimum absolute atomic E-state index is 0.909. The van der Waals surface area contributed by atoms with E-state index in [9.17, 15) is 0 Å².